The molecule has 1 aliphatic heterocycles. The molecule has 2 amide bonds. The predicted molar refractivity (Wildman–Crippen MR) is 107 cm³/mol. The summed E-state index contributed by atoms with van der Waals surface area (Å²) >= 11 is 17.4. The minimum atomic E-state index is -0.510. The number of benzene rings is 1. The molecule has 0 radical (unpaired) electrons. The van der Waals surface area contributed by atoms with Gasteiger partial charge in [-0.2, -0.15) is 0 Å². The zero-order chi connectivity index (χ0) is 19.2. The van der Waals surface area contributed by atoms with E-state index < -0.39 is 11.8 Å². The number of rotatable bonds is 2. The molecule has 8 heteroatoms. The summed E-state index contributed by atoms with van der Waals surface area (Å²) < 4.78 is 1.93. The molecule has 1 saturated heterocycles. The molecule has 0 spiro atoms. The van der Waals surface area contributed by atoms with E-state index in [0.717, 1.165) is 22.6 Å². The molecule has 1 aromatic heterocycles. The molecule has 0 bridgehead atoms. The van der Waals surface area contributed by atoms with Gasteiger partial charge in [-0.05, 0) is 62.0 Å². The standard InChI is InChI=1S/C18H15Cl2N3O2S/c1-9-6-11(7-13-16(24)21-18(26)22(3)17(13)25)10(2)23(9)15-8-12(19)4-5-14(15)20/h4-8H,1-3H3,(H,21,24,26)/b13-7+. The van der Waals surface area contributed by atoms with Gasteiger partial charge in [0, 0.05) is 23.5 Å². The number of amides is 2. The van der Waals surface area contributed by atoms with Crippen LogP contribution in [-0.2, 0) is 9.59 Å². The van der Waals surface area contributed by atoms with Crippen LogP contribution >= 0.6 is 35.4 Å². The number of thiocarbonyl (C=S) groups is 1. The topological polar surface area (TPSA) is 54.3 Å². The molecular formula is C18H15Cl2N3O2S. The molecule has 0 saturated carbocycles. The number of nitrogens with one attached hydrogen (secondary N) is 1. The van der Waals surface area contributed by atoms with Crippen LogP contribution in [0.5, 0.6) is 0 Å². The fraction of sp³-hybridized carbons (Fsp3) is 0.167. The Balaban J connectivity index is 2.12. The van der Waals surface area contributed by atoms with Gasteiger partial charge < -0.3 is 4.57 Å². The summed E-state index contributed by atoms with van der Waals surface area (Å²) in [7, 11) is 1.52. The number of likely N-dealkylation sites (N-methyl/N-ethyl adjacent to an activating group) is 1. The van der Waals surface area contributed by atoms with Crippen molar-refractivity contribution in [3.05, 3.63) is 56.8 Å². The Hall–Kier alpha value is -2.15. The fourth-order valence-corrected chi connectivity index (χ4v) is 3.41. The third-order valence-electron chi connectivity index (χ3n) is 4.22. The third-order valence-corrected chi connectivity index (χ3v) is 5.15. The Kier molecular flexibility index (Phi) is 4.92. The van der Waals surface area contributed by atoms with Gasteiger partial charge in [-0.1, -0.05) is 23.2 Å². The number of hydrogen-bond donors (Lipinski definition) is 1. The van der Waals surface area contributed by atoms with Gasteiger partial charge in [0.25, 0.3) is 11.8 Å². The first-order chi connectivity index (χ1) is 12.2. The maximum Gasteiger partial charge on any atom is 0.265 e. The highest BCUT2D eigenvalue weighted by atomic mass is 35.5. The average Bonchev–Trinajstić information content (AvgIpc) is 2.85. The molecular weight excluding hydrogens is 393 g/mol. The predicted octanol–water partition coefficient (Wildman–Crippen LogP) is 3.66. The van der Waals surface area contributed by atoms with Crippen molar-refractivity contribution in [1.82, 2.24) is 14.8 Å². The van der Waals surface area contributed by atoms with Crippen molar-refractivity contribution in [3.8, 4) is 5.69 Å². The Bertz CT molecular complexity index is 995. The van der Waals surface area contributed by atoms with Crippen molar-refractivity contribution < 1.29 is 9.59 Å². The van der Waals surface area contributed by atoms with Gasteiger partial charge in [0.05, 0.1) is 10.7 Å². The summed E-state index contributed by atoms with van der Waals surface area (Å²) in [5.74, 6) is -0.951. The van der Waals surface area contributed by atoms with E-state index in [1.165, 1.54) is 11.9 Å². The van der Waals surface area contributed by atoms with Crippen molar-refractivity contribution >= 4 is 58.4 Å². The number of carbonyl (C=O) groups is 2. The van der Waals surface area contributed by atoms with Crippen LogP contribution < -0.4 is 5.32 Å². The highest BCUT2D eigenvalue weighted by molar-refractivity contribution is 7.80. The quantitative estimate of drug-likeness (QED) is 0.469. The summed E-state index contributed by atoms with van der Waals surface area (Å²) in [6, 6.07) is 7.09. The fourth-order valence-electron chi connectivity index (χ4n) is 2.86. The van der Waals surface area contributed by atoms with E-state index in [1.807, 2.05) is 24.5 Å². The van der Waals surface area contributed by atoms with E-state index in [1.54, 1.807) is 24.3 Å². The van der Waals surface area contributed by atoms with E-state index >= 15 is 0 Å². The normalized spacial score (nSPS) is 16.4. The van der Waals surface area contributed by atoms with Crippen LogP contribution in [0.2, 0.25) is 10.0 Å². The minimum Gasteiger partial charge on any atom is -0.316 e. The van der Waals surface area contributed by atoms with Crippen molar-refractivity contribution in [3.63, 3.8) is 0 Å². The summed E-state index contributed by atoms with van der Waals surface area (Å²) in [6.45, 7) is 3.80. The van der Waals surface area contributed by atoms with Crippen LogP contribution in [0.25, 0.3) is 11.8 Å². The van der Waals surface area contributed by atoms with Crippen LogP contribution in [0.3, 0.4) is 0 Å². The second-order valence-corrected chi connectivity index (χ2v) is 7.17. The van der Waals surface area contributed by atoms with Crippen LogP contribution in [0.15, 0.2) is 29.8 Å². The van der Waals surface area contributed by atoms with E-state index in [9.17, 15) is 9.59 Å². The lowest BCUT2D eigenvalue weighted by Gasteiger charge is -2.25. The summed E-state index contributed by atoms with van der Waals surface area (Å²) in [4.78, 5) is 25.8. The summed E-state index contributed by atoms with van der Waals surface area (Å²) in [6.07, 6.45) is 1.56. The molecule has 2 heterocycles. The first-order valence-corrected chi connectivity index (χ1v) is 8.86. The first kappa shape index (κ1) is 18.6. The number of aromatic nitrogens is 1. The monoisotopic (exact) mass is 407 g/mol. The van der Waals surface area contributed by atoms with Gasteiger partial charge in [-0.3, -0.25) is 19.8 Å². The Labute approximate surface area is 166 Å². The molecule has 0 aliphatic carbocycles. The molecule has 1 aromatic carbocycles. The van der Waals surface area contributed by atoms with Gasteiger partial charge in [0.15, 0.2) is 5.11 Å². The van der Waals surface area contributed by atoms with Crippen molar-refractivity contribution in [2.45, 2.75) is 13.8 Å². The average molecular weight is 408 g/mol. The molecule has 1 aliphatic rings. The lowest BCUT2D eigenvalue weighted by molar-refractivity contribution is -0.128. The number of hydrogen-bond acceptors (Lipinski definition) is 3. The second-order valence-electron chi connectivity index (χ2n) is 5.94. The maximum absolute atomic E-state index is 12.4. The van der Waals surface area contributed by atoms with E-state index in [0.29, 0.717) is 10.0 Å². The Morgan fingerprint density at radius 2 is 1.85 bits per heavy atom. The van der Waals surface area contributed by atoms with Crippen LogP contribution in [-0.4, -0.2) is 33.4 Å². The number of nitrogens with zero attached hydrogens (tertiary/aromatic N) is 2. The lowest BCUT2D eigenvalue weighted by atomic mass is 10.1. The van der Waals surface area contributed by atoms with Crippen LogP contribution in [0, 0.1) is 13.8 Å². The molecule has 26 heavy (non-hydrogen) atoms. The zero-order valence-electron chi connectivity index (χ0n) is 14.3. The molecule has 1 fully saturated rings. The molecule has 0 unspecified atom stereocenters. The first-order valence-electron chi connectivity index (χ1n) is 7.70. The zero-order valence-corrected chi connectivity index (χ0v) is 16.6. The van der Waals surface area contributed by atoms with Crippen LogP contribution in [0.4, 0.5) is 0 Å². The molecule has 2 aromatic rings. The van der Waals surface area contributed by atoms with E-state index in [4.69, 9.17) is 35.4 Å². The molecule has 134 valence electrons. The Morgan fingerprint density at radius 3 is 2.54 bits per heavy atom. The lowest BCUT2D eigenvalue weighted by Crippen LogP contribution is -2.52. The van der Waals surface area contributed by atoms with Gasteiger partial charge in [-0.25, -0.2) is 0 Å². The van der Waals surface area contributed by atoms with Gasteiger partial charge >= 0.3 is 0 Å². The highest BCUT2D eigenvalue weighted by Gasteiger charge is 2.31. The van der Waals surface area contributed by atoms with Crippen molar-refractivity contribution in [2.24, 2.45) is 0 Å². The highest BCUT2D eigenvalue weighted by Crippen LogP contribution is 2.30. The molecule has 3 rings (SSSR count). The second kappa shape index (κ2) is 6.87. The smallest absolute Gasteiger partial charge is 0.265 e. The SMILES string of the molecule is Cc1cc(/C=C2\C(=O)NC(=S)N(C)C2=O)c(C)n1-c1cc(Cl)ccc1Cl. The van der Waals surface area contributed by atoms with E-state index in [2.05, 4.69) is 5.32 Å². The van der Waals surface area contributed by atoms with Crippen molar-refractivity contribution in [1.29, 1.82) is 0 Å². The molecule has 5 nitrogen and oxygen atoms in total. The maximum atomic E-state index is 12.4. The minimum absolute atomic E-state index is 0.0264. The third kappa shape index (κ3) is 3.16. The number of halogens is 2. The number of carbonyl (C=O) groups excluding carboxylic acids is 2. The van der Waals surface area contributed by atoms with Crippen molar-refractivity contribution in [2.75, 3.05) is 7.05 Å². The van der Waals surface area contributed by atoms with Gasteiger partial charge in [0.2, 0.25) is 0 Å². The van der Waals surface area contributed by atoms with E-state index in [-0.39, 0.29) is 10.7 Å². The molecule has 0 atom stereocenters. The van der Waals surface area contributed by atoms with Crippen LogP contribution in [0.1, 0.15) is 17.0 Å². The molecule has 1 N–H and O–H groups in total. The Morgan fingerprint density at radius 1 is 1.15 bits per heavy atom. The van der Waals surface area contributed by atoms with Gasteiger partial charge in [0.1, 0.15) is 5.57 Å². The largest absolute Gasteiger partial charge is 0.316 e. The summed E-state index contributed by atoms with van der Waals surface area (Å²) in [5.41, 5.74) is 3.22. The van der Waals surface area contributed by atoms with Gasteiger partial charge in [-0.15, -0.1) is 0 Å². The number of aryl methyl sites for hydroxylation is 1. The summed E-state index contributed by atoms with van der Waals surface area (Å²) in [5, 5.41) is 3.71.